The molecule has 0 spiro atoms. The molecular formula is C22H20F3N5O. The fraction of sp³-hybridized carbons (Fsp3) is 0.227. The van der Waals surface area contributed by atoms with E-state index in [4.69, 9.17) is 0 Å². The average molecular weight is 427 g/mol. The average Bonchev–Trinajstić information content (AvgIpc) is 3.07. The second-order valence-corrected chi connectivity index (χ2v) is 6.78. The summed E-state index contributed by atoms with van der Waals surface area (Å²) in [4.78, 5) is 16.2. The van der Waals surface area contributed by atoms with E-state index in [0.29, 0.717) is 5.82 Å². The summed E-state index contributed by atoms with van der Waals surface area (Å²) in [5.74, 6) is 5.92. The number of aromatic nitrogens is 3. The molecule has 0 unspecified atom stereocenters. The first-order valence-electron chi connectivity index (χ1n) is 9.39. The Kier molecular flexibility index (Phi) is 6.60. The number of hydrogen-bond acceptors (Lipinski definition) is 3. The normalized spacial score (nSPS) is 10.9. The van der Waals surface area contributed by atoms with Crippen molar-refractivity contribution in [1.29, 1.82) is 0 Å². The van der Waals surface area contributed by atoms with Crippen LogP contribution in [0.1, 0.15) is 28.1 Å². The van der Waals surface area contributed by atoms with Crippen molar-refractivity contribution in [3.63, 3.8) is 0 Å². The molecule has 160 valence electrons. The highest BCUT2D eigenvalue weighted by molar-refractivity contribution is 5.74. The smallest absolute Gasteiger partial charge is 0.334 e. The number of carbonyl (C=O) groups excluding carboxylic acids is 1. The standard InChI is InChI=1S/C22H20F3N5O/c1-15-11-16(2)30(29-15)20-9-8-18(13-27-20)14-28-21(31)26-10-4-6-17-5-3-7-19(12-17)22(23,24)25/h3,5,7-9,11-13H,10,14H2,1-2H3,(H2,26,28,31). The van der Waals surface area contributed by atoms with E-state index in [1.807, 2.05) is 32.0 Å². The lowest BCUT2D eigenvalue weighted by Crippen LogP contribution is -2.35. The largest absolute Gasteiger partial charge is 0.416 e. The molecule has 2 heterocycles. The van der Waals surface area contributed by atoms with Gasteiger partial charge in [0.2, 0.25) is 0 Å². The highest BCUT2D eigenvalue weighted by Gasteiger charge is 2.30. The number of pyridine rings is 1. The summed E-state index contributed by atoms with van der Waals surface area (Å²) >= 11 is 0. The van der Waals surface area contributed by atoms with Gasteiger partial charge in [-0.15, -0.1) is 0 Å². The molecule has 0 saturated heterocycles. The number of carbonyl (C=O) groups is 1. The topological polar surface area (TPSA) is 71.8 Å². The van der Waals surface area contributed by atoms with Crippen LogP contribution in [0, 0.1) is 25.7 Å². The van der Waals surface area contributed by atoms with Crippen LogP contribution in [0.25, 0.3) is 5.82 Å². The Bertz CT molecular complexity index is 1120. The lowest BCUT2D eigenvalue weighted by molar-refractivity contribution is -0.137. The predicted molar refractivity (Wildman–Crippen MR) is 109 cm³/mol. The molecule has 0 aliphatic heterocycles. The van der Waals surface area contributed by atoms with E-state index in [9.17, 15) is 18.0 Å². The van der Waals surface area contributed by atoms with Crippen LogP contribution < -0.4 is 10.6 Å². The highest BCUT2D eigenvalue weighted by atomic mass is 19.4. The fourth-order valence-corrected chi connectivity index (χ4v) is 2.80. The highest BCUT2D eigenvalue weighted by Crippen LogP contribution is 2.29. The van der Waals surface area contributed by atoms with Gasteiger partial charge in [0.25, 0.3) is 0 Å². The molecule has 0 fully saturated rings. The molecule has 0 radical (unpaired) electrons. The summed E-state index contributed by atoms with van der Waals surface area (Å²) in [6, 6.07) is 9.89. The molecule has 0 bridgehead atoms. The van der Waals surface area contributed by atoms with Gasteiger partial charge >= 0.3 is 12.2 Å². The molecule has 2 aromatic heterocycles. The minimum Gasteiger partial charge on any atom is -0.334 e. The van der Waals surface area contributed by atoms with Crippen molar-refractivity contribution in [1.82, 2.24) is 25.4 Å². The van der Waals surface area contributed by atoms with Crippen LogP contribution in [-0.4, -0.2) is 27.3 Å². The van der Waals surface area contributed by atoms with Gasteiger partial charge in [0.05, 0.1) is 17.8 Å². The summed E-state index contributed by atoms with van der Waals surface area (Å²) in [5.41, 5.74) is 2.14. The predicted octanol–water partition coefficient (Wildman–Crippen LogP) is 3.75. The van der Waals surface area contributed by atoms with Crippen molar-refractivity contribution in [2.45, 2.75) is 26.6 Å². The Balaban J connectivity index is 1.47. The number of nitrogens with zero attached hydrogens (tertiary/aromatic N) is 3. The van der Waals surface area contributed by atoms with Gasteiger partial charge in [0.1, 0.15) is 0 Å². The zero-order valence-corrected chi connectivity index (χ0v) is 16.9. The maximum Gasteiger partial charge on any atom is 0.416 e. The number of hydrogen-bond donors (Lipinski definition) is 2. The van der Waals surface area contributed by atoms with E-state index >= 15 is 0 Å². The molecule has 1 aromatic carbocycles. The molecular weight excluding hydrogens is 407 g/mol. The lowest BCUT2D eigenvalue weighted by atomic mass is 10.1. The Morgan fingerprint density at radius 3 is 2.58 bits per heavy atom. The van der Waals surface area contributed by atoms with Gasteiger partial charge in [-0.2, -0.15) is 18.3 Å². The SMILES string of the molecule is Cc1cc(C)n(-c2ccc(CNC(=O)NCC#Cc3cccc(C(F)(F)F)c3)cn2)n1. The zero-order chi connectivity index (χ0) is 22.4. The van der Waals surface area contributed by atoms with Gasteiger partial charge in [-0.1, -0.05) is 24.0 Å². The number of halogens is 3. The third-order valence-corrected chi connectivity index (χ3v) is 4.25. The van der Waals surface area contributed by atoms with Gasteiger partial charge in [0, 0.05) is 24.0 Å². The van der Waals surface area contributed by atoms with Gasteiger partial charge in [0.15, 0.2) is 5.82 Å². The summed E-state index contributed by atoms with van der Waals surface area (Å²) in [5, 5.41) is 9.58. The van der Waals surface area contributed by atoms with Crippen molar-refractivity contribution >= 4 is 6.03 Å². The van der Waals surface area contributed by atoms with Crippen LogP contribution in [-0.2, 0) is 12.7 Å². The third kappa shape index (κ3) is 6.09. The first kappa shape index (κ1) is 21.9. The van der Waals surface area contributed by atoms with Gasteiger partial charge in [-0.25, -0.2) is 14.5 Å². The number of benzene rings is 1. The van der Waals surface area contributed by atoms with E-state index in [1.165, 1.54) is 12.1 Å². The summed E-state index contributed by atoms with van der Waals surface area (Å²) in [6.07, 6.45) is -2.77. The van der Waals surface area contributed by atoms with Crippen molar-refractivity contribution in [2.75, 3.05) is 6.54 Å². The van der Waals surface area contributed by atoms with Crippen LogP contribution in [0.3, 0.4) is 0 Å². The first-order valence-corrected chi connectivity index (χ1v) is 9.39. The van der Waals surface area contributed by atoms with Gasteiger partial charge in [-0.05, 0) is 49.7 Å². The molecule has 3 rings (SSSR count). The van der Waals surface area contributed by atoms with Crippen molar-refractivity contribution in [2.24, 2.45) is 0 Å². The number of nitrogens with one attached hydrogen (secondary N) is 2. The zero-order valence-electron chi connectivity index (χ0n) is 16.9. The summed E-state index contributed by atoms with van der Waals surface area (Å²) in [7, 11) is 0. The first-order chi connectivity index (χ1) is 14.7. The Morgan fingerprint density at radius 2 is 1.94 bits per heavy atom. The molecule has 3 aromatic rings. The molecule has 0 aliphatic rings. The van der Waals surface area contributed by atoms with Crippen LogP contribution in [0.5, 0.6) is 0 Å². The lowest BCUT2D eigenvalue weighted by Gasteiger charge is -2.07. The number of amides is 2. The molecule has 31 heavy (non-hydrogen) atoms. The van der Waals surface area contributed by atoms with Gasteiger partial charge in [-0.3, -0.25) is 0 Å². The second-order valence-electron chi connectivity index (χ2n) is 6.78. The van der Waals surface area contributed by atoms with E-state index in [-0.39, 0.29) is 18.7 Å². The van der Waals surface area contributed by atoms with Gasteiger partial charge < -0.3 is 10.6 Å². The maximum absolute atomic E-state index is 12.7. The fourth-order valence-electron chi connectivity index (χ4n) is 2.80. The molecule has 0 atom stereocenters. The number of aryl methyl sites for hydroxylation is 2. The van der Waals surface area contributed by atoms with E-state index in [1.54, 1.807) is 10.9 Å². The van der Waals surface area contributed by atoms with Crippen LogP contribution >= 0.6 is 0 Å². The Labute approximate surface area is 177 Å². The maximum atomic E-state index is 12.7. The van der Waals surface area contributed by atoms with Crippen LogP contribution in [0.2, 0.25) is 0 Å². The van der Waals surface area contributed by atoms with E-state index < -0.39 is 17.8 Å². The van der Waals surface area contributed by atoms with Crippen molar-refractivity contribution in [3.8, 4) is 17.7 Å². The van der Waals surface area contributed by atoms with Crippen molar-refractivity contribution < 1.29 is 18.0 Å². The molecule has 0 aliphatic carbocycles. The van der Waals surface area contributed by atoms with Crippen LogP contribution in [0.15, 0.2) is 48.7 Å². The molecule has 9 heteroatoms. The summed E-state index contributed by atoms with van der Waals surface area (Å²) in [6.45, 7) is 4.11. The Hall–Kier alpha value is -3.80. The van der Waals surface area contributed by atoms with Crippen molar-refractivity contribution in [3.05, 3.63) is 76.7 Å². The van der Waals surface area contributed by atoms with Crippen LogP contribution in [0.4, 0.5) is 18.0 Å². The summed E-state index contributed by atoms with van der Waals surface area (Å²) < 4.78 is 39.8. The Morgan fingerprint density at radius 1 is 1.13 bits per heavy atom. The molecule has 2 N–H and O–H groups in total. The molecule has 2 amide bonds. The number of urea groups is 1. The van der Waals surface area contributed by atoms with E-state index in [0.717, 1.165) is 29.1 Å². The van der Waals surface area contributed by atoms with E-state index in [2.05, 4.69) is 32.6 Å². The quantitative estimate of drug-likeness (QED) is 0.623. The minimum atomic E-state index is -4.42. The number of rotatable bonds is 4. The second kappa shape index (κ2) is 9.34. The monoisotopic (exact) mass is 427 g/mol. The molecule has 0 saturated carbocycles. The third-order valence-electron chi connectivity index (χ3n) is 4.25. The molecule has 6 nitrogen and oxygen atoms in total. The number of alkyl halides is 3. The minimum absolute atomic E-state index is 0.00278.